The molecule has 0 aliphatic rings. The molecule has 0 unspecified atom stereocenters. The van der Waals surface area contributed by atoms with Crippen molar-refractivity contribution in [1.29, 1.82) is 0 Å². The SMILES string of the molecule is CCN(CCCCC(=O)O)CC(=O)Nc1c(C)cccc1C. The van der Waals surface area contributed by atoms with Gasteiger partial charge < -0.3 is 10.4 Å². The van der Waals surface area contributed by atoms with Gasteiger partial charge in [-0.2, -0.15) is 0 Å². The van der Waals surface area contributed by atoms with Crippen molar-refractivity contribution in [3.63, 3.8) is 0 Å². The Morgan fingerprint density at radius 1 is 1.18 bits per heavy atom. The number of rotatable bonds is 9. The van der Waals surface area contributed by atoms with Crippen molar-refractivity contribution >= 4 is 17.6 Å². The third-order valence-corrected chi connectivity index (χ3v) is 3.67. The number of amides is 1. The van der Waals surface area contributed by atoms with Crippen LogP contribution in [0.3, 0.4) is 0 Å². The summed E-state index contributed by atoms with van der Waals surface area (Å²) in [4.78, 5) is 24.7. The summed E-state index contributed by atoms with van der Waals surface area (Å²) in [5.41, 5.74) is 2.99. The van der Waals surface area contributed by atoms with Gasteiger partial charge in [0.2, 0.25) is 5.91 Å². The zero-order valence-corrected chi connectivity index (χ0v) is 13.7. The van der Waals surface area contributed by atoms with Gasteiger partial charge >= 0.3 is 5.97 Å². The maximum absolute atomic E-state index is 12.2. The van der Waals surface area contributed by atoms with Gasteiger partial charge in [-0.1, -0.05) is 25.1 Å². The average Bonchev–Trinajstić information content (AvgIpc) is 2.46. The molecule has 1 aromatic carbocycles. The lowest BCUT2D eigenvalue weighted by molar-refractivity contribution is -0.137. The van der Waals surface area contributed by atoms with Crippen LogP contribution in [0.4, 0.5) is 5.69 Å². The van der Waals surface area contributed by atoms with E-state index in [1.165, 1.54) is 0 Å². The summed E-state index contributed by atoms with van der Waals surface area (Å²) >= 11 is 0. The first kappa shape index (κ1) is 18.2. The molecule has 1 amide bonds. The first-order valence-corrected chi connectivity index (χ1v) is 7.74. The van der Waals surface area contributed by atoms with E-state index in [9.17, 15) is 9.59 Å². The van der Waals surface area contributed by atoms with Crippen LogP contribution in [0, 0.1) is 13.8 Å². The summed E-state index contributed by atoms with van der Waals surface area (Å²) in [7, 11) is 0. The molecule has 0 radical (unpaired) electrons. The van der Waals surface area contributed by atoms with E-state index in [-0.39, 0.29) is 12.3 Å². The number of unbranched alkanes of at least 4 members (excludes halogenated alkanes) is 1. The zero-order valence-electron chi connectivity index (χ0n) is 13.7. The summed E-state index contributed by atoms with van der Waals surface area (Å²) in [6.45, 7) is 7.80. The molecule has 0 bridgehead atoms. The molecular formula is C17H26N2O3. The third-order valence-electron chi connectivity index (χ3n) is 3.67. The van der Waals surface area contributed by atoms with Crippen LogP contribution >= 0.6 is 0 Å². The number of anilines is 1. The van der Waals surface area contributed by atoms with E-state index in [2.05, 4.69) is 5.32 Å². The Morgan fingerprint density at radius 3 is 2.36 bits per heavy atom. The van der Waals surface area contributed by atoms with Crippen LogP contribution in [-0.2, 0) is 9.59 Å². The normalized spacial score (nSPS) is 10.7. The number of carboxylic acid groups (broad SMARTS) is 1. The molecule has 5 nitrogen and oxygen atoms in total. The number of para-hydroxylation sites is 1. The molecule has 0 aliphatic carbocycles. The van der Waals surface area contributed by atoms with Gasteiger partial charge in [0, 0.05) is 12.1 Å². The van der Waals surface area contributed by atoms with E-state index in [4.69, 9.17) is 5.11 Å². The lowest BCUT2D eigenvalue weighted by Crippen LogP contribution is -2.34. The van der Waals surface area contributed by atoms with E-state index in [0.717, 1.165) is 36.3 Å². The number of carbonyl (C=O) groups is 2. The summed E-state index contributed by atoms with van der Waals surface area (Å²) in [5, 5.41) is 11.6. The number of nitrogens with zero attached hydrogens (tertiary/aromatic N) is 1. The summed E-state index contributed by atoms with van der Waals surface area (Å²) in [5.74, 6) is -0.798. The molecule has 0 heterocycles. The van der Waals surface area contributed by atoms with Gasteiger partial charge in [0.15, 0.2) is 0 Å². The van der Waals surface area contributed by atoms with Crippen molar-refractivity contribution in [1.82, 2.24) is 4.90 Å². The molecule has 5 heteroatoms. The number of carboxylic acids is 1. The Kier molecular flexibility index (Phi) is 7.60. The average molecular weight is 306 g/mol. The summed E-state index contributed by atoms with van der Waals surface area (Å²) < 4.78 is 0. The number of nitrogens with one attached hydrogen (secondary N) is 1. The molecule has 0 saturated heterocycles. The van der Waals surface area contributed by atoms with Crippen LogP contribution in [0.1, 0.15) is 37.3 Å². The third kappa shape index (κ3) is 6.26. The highest BCUT2D eigenvalue weighted by molar-refractivity contribution is 5.93. The Morgan fingerprint density at radius 2 is 1.82 bits per heavy atom. The minimum absolute atomic E-state index is 0.0301. The topological polar surface area (TPSA) is 69.6 Å². The number of carbonyl (C=O) groups excluding carboxylic acids is 1. The molecule has 0 fully saturated rings. The fourth-order valence-electron chi connectivity index (χ4n) is 2.35. The van der Waals surface area contributed by atoms with E-state index in [0.29, 0.717) is 13.0 Å². The second kappa shape index (κ2) is 9.20. The molecule has 1 aromatic rings. The van der Waals surface area contributed by atoms with E-state index >= 15 is 0 Å². The number of aryl methyl sites for hydroxylation is 2. The molecule has 122 valence electrons. The maximum Gasteiger partial charge on any atom is 0.303 e. The highest BCUT2D eigenvalue weighted by atomic mass is 16.4. The van der Waals surface area contributed by atoms with Crippen LogP contribution < -0.4 is 5.32 Å². The Balaban J connectivity index is 2.46. The van der Waals surface area contributed by atoms with Crippen LogP contribution in [0.15, 0.2) is 18.2 Å². The lowest BCUT2D eigenvalue weighted by Gasteiger charge is -2.20. The fourth-order valence-corrected chi connectivity index (χ4v) is 2.35. The Bertz CT molecular complexity index is 494. The predicted molar refractivity (Wildman–Crippen MR) is 88.1 cm³/mol. The van der Waals surface area contributed by atoms with Crippen LogP contribution in [-0.4, -0.2) is 41.5 Å². The van der Waals surface area contributed by atoms with Gasteiger partial charge in [0.1, 0.15) is 0 Å². The zero-order chi connectivity index (χ0) is 16.5. The standard InChI is InChI=1S/C17H26N2O3/c1-4-19(11-6-5-10-16(21)22)12-15(20)18-17-13(2)8-7-9-14(17)3/h7-9H,4-6,10-12H2,1-3H3,(H,18,20)(H,21,22). The van der Waals surface area contributed by atoms with Gasteiger partial charge in [-0.25, -0.2) is 0 Å². The minimum Gasteiger partial charge on any atom is -0.481 e. The number of benzene rings is 1. The lowest BCUT2D eigenvalue weighted by atomic mass is 10.1. The molecule has 0 saturated carbocycles. The van der Waals surface area contributed by atoms with Crippen molar-refractivity contribution in [2.24, 2.45) is 0 Å². The molecule has 0 aromatic heterocycles. The largest absolute Gasteiger partial charge is 0.481 e. The molecule has 0 atom stereocenters. The van der Waals surface area contributed by atoms with Gasteiger partial charge in [-0.3, -0.25) is 14.5 Å². The van der Waals surface area contributed by atoms with Crippen molar-refractivity contribution in [3.05, 3.63) is 29.3 Å². The Hall–Kier alpha value is -1.88. The Labute approximate surface area is 132 Å². The number of likely N-dealkylation sites (N-methyl/N-ethyl adjacent to an activating group) is 1. The van der Waals surface area contributed by atoms with Crippen LogP contribution in [0.25, 0.3) is 0 Å². The monoisotopic (exact) mass is 306 g/mol. The number of aliphatic carboxylic acids is 1. The smallest absolute Gasteiger partial charge is 0.303 e. The maximum atomic E-state index is 12.2. The van der Waals surface area contributed by atoms with E-state index in [1.807, 2.05) is 43.9 Å². The van der Waals surface area contributed by atoms with Crippen molar-refractivity contribution in [2.75, 3.05) is 25.0 Å². The summed E-state index contributed by atoms with van der Waals surface area (Å²) in [6, 6.07) is 5.93. The van der Waals surface area contributed by atoms with Crippen molar-refractivity contribution in [2.45, 2.75) is 40.0 Å². The van der Waals surface area contributed by atoms with Gasteiger partial charge in [-0.05, 0) is 50.9 Å². The van der Waals surface area contributed by atoms with E-state index in [1.54, 1.807) is 0 Å². The summed E-state index contributed by atoms with van der Waals surface area (Å²) in [6.07, 6.45) is 1.62. The van der Waals surface area contributed by atoms with Gasteiger partial charge in [0.05, 0.1) is 6.54 Å². The van der Waals surface area contributed by atoms with Gasteiger partial charge in [-0.15, -0.1) is 0 Å². The molecule has 0 aliphatic heterocycles. The first-order chi connectivity index (χ1) is 10.4. The first-order valence-electron chi connectivity index (χ1n) is 7.74. The minimum atomic E-state index is -0.768. The van der Waals surface area contributed by atoms with Crippen LogP contribution in [0.2, 0.25) is 0 Å². The molecule has 0 spiro atoms. The molecule has 22 heavy (non-hydrogen) atoms. The van der Waals surface area contributed by atoms with E-state index < -0.39 is 5.97 Å². The van der Waals surface area contributed by atoms with Crippen molar-refractivity contribution < 1.29 is 14.7 Å². The second-order valence-electron chi connectivity index (χ2n) is 5.53. The molecule has 1 rings (SSSR count). The molecule has 2 N–H and O–H groups in total. The highest BCUT2D eigenvalue weighted by Crippen LogP contribution is 2.19. The predicted octanol–water partition coefficient (Wildman–Crippen LogP) is 2.82. The quantitative estimate of drug-likeness (QED) is 0.688. The number of hydrogen-bond acceptors (Lipinski definition) is 3. The fraction of sp³-hybridized carbons (Fsp3) is 0.529. The molecular weight excluding hydrogens is 280 g/mol. The number of hydrogen-bond donors (Lipinski definition) is 2. The van der Waals surface area contributed by atoms with Gasteiger partial charge in [0.25, 0.3) is 0 Å². The van der Waals surface area contributed by atoms with Crippen LogP contribution in [0.5, 0.6) is 0 Å². The second-order valence-corrected chi connectivity index (χ2v) is 5.53. The highest BCUT2D eigenvalue weighted by Gasteiger charge is 2.11. The van der Waals surface area contributed by atoms with Crippen molar-refractivity contribution in [3.8, 4) is 0 Å².